The molecular weight excluding hydrogens is 502 g/mol. The molecule has 11 nitrogen and oxygen atoms in total. The first-order valence-corrected chi connectivity index (χ1v) is 13.6. The molecule has 0 unspecified atom stereocenters. The number of aliphatic hydroxyl groups is 1. The summed E-state index contributed by atoms with van der Waals surface area (Å²) >= 11 is 0. The minimum Gasteiger partial charge on any atom is -0.490 e. The number of rotatable bonds is 6. The lowest BCUT2D eigenvalue weighted by Crippen LogP contribution is -2.47. The molecule has 0 spiro atoms. The molecule has 1 aliphatic rings. The molecule has 2 heterocycles. The second-order valence-corrected chi connectivity index (χ2v) is 10.3. The van der Waals surface area contributed by atoms with Gasteiger partial charge in [-0.1, -0.05) is 12.1 Å². The molecule has 3 rings (SSSR count). The Hall–Kier alpha value is -3.15. The zero-order valence-corrected chi connectivity index (χ0v) is 23.9. The Morgan fingerprint density at radius 3 is 2.67 bits per heavy atom. The van der Waals surface area contributed by atoms with Crippen LogP contribution in [0, 0.1) is 19.8 Å². The largest absolute Gasteiger partial charge is 0.490 e. The Bertz CT molecular complexity index is 1090. The van der Waals surface area contributed by atoms with Crippen molar-refractivity contribution in [2.75, 3.05) is 44.0 Å². The van der Waals surface area contributed by atoms with Crippen LogP contribution >= 0.6 is 0 Å². The lowest BCUT2D eigenvalue weighted by molar-refractivity contribution is -0.000451. The number of benzene rings is 1. The Morgan fingerprint density at radius 2 is 2.00 bits per heavy atom. The van der Waals surface area contributed by atoms with Gasteiger partial charge in [0, 0.05) is 31.3 Å². The number of carbonyl (C=O) groups excluding carboxylic acids is 2. The lowest BCUT2D eigenvalue weighted by atomic mass is 10.0. The fraction of sp³-hybridized carbons (Fsp3) is 0.607. The molecule has 0 radical (unpaired) electrons. The van der Waals surface area contributed by atoms with Crippen molar-refractivity contribution in [1.82, 2.24) is 15.4 Å². The molecule has 0 bridgehead atoms. The van der Waals surface area contributed by atoms with Gasteiger partial charge < -0.3 is 40.0 Å². The van der Waals surface area contributed by atoms with Crippen LogP contribution in [-0.4, -0.2) is 78.7 Å². The van der Waals surface area contributed by atoms with Gasteiger partial charge in [0.05, 0.1) is 30.4 Å². The molecule has 1 aromatic heterocycles. The average molecular weight is 546 g/mol. The minimum absolute atomic E-state index is 0.00349. The summed E-state index contributed by atoms with van der Waals surface area (Å²) in [5.74, 6) is 0.643. The van der Waals surface area contributed by atoms with E-state index in [0.29, 0.717) is 53.8 Å². The molecular formula is C28H43N5O6. The maximum absolute atomic E-state index is 14.0. The molecule has 0 fully saturated rings. The Kier molecular flexibility index (Phi) is 11.1. The van der Waals surface area contributed by atoms with Crippen molar-refractivity contribution in [2.24, 2.45) is 5.92 Å². The van der Waals surface area contributed by atoms with Crippen molar-refractivity contribution in [3.8, 4) is 5.75 Å². The van der Waals surface area contributed by atoms with Crippen LogP contribution in [0.5, 0.6) is 5.75 Å². The summed E-state index contributed by atoms with van der Waals surface area (Å²) in [5, 5.41) is 22.6. The summed E-state index contributed by atoms with van der Waals surface area (Å²) in [6, 6.07) is 4.10. The smallest absolute Gasteiger partial charge is 0.323 e. The van der Waals surface area contributed by atoms with Gasteiger partial charge in [-0.25, -0.2) is 4.79 Å². The average Bonchev–Trinajstić information content (AvgIpc) is 3.22. The number of aromatic nitrogens is 1. The molecule has 1 aromatic carbocycles. The topological polar surface area (TPSA) is 138 Å². The summed E-state index contributed by atoms with van der Waals surface area (Å²) < 4.78 is 17.5. The van der Waals surface area contributed by atoms with E-state index in [1.54, 1.807) is 36.9 Å². The first-order valence-electron chi connectivity index (χ1n) is 13.6. The van der Waals surface area contributed by atoms with Gasteiger partial charge in [-0.05, 0) is 72.2 Å². The third kappa shape index (κ3) is 8.17. The zero-order chi connectivity index (χ0) is 28.5. The third-order valence-electron chi connectivity index (χ3n) is 6.99. The number of ether oxygens (including phenoxy) is 2. The van der Waals surface area contributed by atoms with Gasteiger partial charge >= 0.3 is 6.03 Å². The number of aryl methyl sites for hydroxylation is 2. The van der Waals surface area contributed by atoms with Crippen LogP contribution in [0.2, 0.25) is 0 Å². The predicted molar refractivity (Wildman–Crippen MR) is 149 cm³/mol. The fourth-order valence-corrected chi connectivity index (χ4v) is 4.63. The second-order valence-electron chi connectivity index (χ2n) is 10.3. The van der Waals surface area contributed by atoms with Crippen molar-refractivity contribution in [3.63, 3.8) is 0 Å². The van der Waals surface area contributed by atoms with E-state index >= 15 is 0 Å². The molecule has 11 heteroatoms. The number of nitrogens with one attached hydrogen (secondary N) is 3. The molecule has 4 atom stereocenters. The van der Waals surface area contributed by atoms with Crippen LogP contribution < -0.4 is 20.7 Å². The van der Waals surface area contributed by atoms with Crippen molar-refractivity contribution in [2.45, 2.75) is 72.1 Å². The van der Waals surface area contributed by atoms with Crippen molar-refractivity contribution in [1.29, 1.82) is 0 Å². The van der Waals surface area contributed by atoms with E-state index < -0.39 is 12.1 Å². The molecule has 216 valence electrons. The number of anilines is 2. The van der Waals surface area contributed by atoms with Gasteiger partial charge in [0.25, 0.3) is 5.91 Å². The van der Waals surface area contributed by atoms with Gasteiger partial charge in [-0.3, -0.25) is 4.79 Å². The summed E-state index contributed by atoms with van der Waals surface area (Å²) in [6.07, 6.45) is 2.43. The van der Waals surface area contributed by atoms with E-state index in [1.807, 2.05) is 20.9 Å². The van der Waals surface area contributed by atoms with E-state index in [4.69, 9.17) is 14.0 Å². The van der Waals surface area contributed by atoms with E-state index in [-0.39, 0.29) is 30.6 Å². The van der Waals surface area contributed by atoms with E-state index in [0.717, 1.165) is 19.3 Å². The Labute approximate surface area is 230 Å². The number of amides is 3. The maximum Gasteiger partial charge on any atom is 0.323 e. The van der Waals surface area contributed by atoms with Crippen LogP contribution in [0.4, 0.5) is 16.2 Å². The minimum atomic E-state index is -0.492. The molecule has 39 heavy (non-hydrogen) atoms. The van der Waals surface area contributed by atoms with Crippen molar-refractivity contribution < 1.29 is 28.7 Å². The first kappa shape index (κ1) is 30.4. The predicted octanol–water partition coefficient (Wildman–Crippen LogP) is 3.95. The molecule has 0 saturated carbocycles. The summed E-state index contributed by atoms with van der Waals surface area (Å²) in [7, 11) is 1.88. The SMILES string of the molecule is CNC[C@@H]1OCCCC[C@H](C)Oc2ccc(NC(=O)Nc3c(C)noc3C)cc2C(=O)N([C@@H](C)CO)C[C@@H]1C. The molecule has 0 aliphatic carbocycles. The molecule has 1 aliphatic heterocycles. The fourth-order valence-electron chi connectivity index (χ4n) is 4.63. The number of hydrogen-bond donors (Lipinski definition) is 4. The van der Waals surface area contributed by atoms with Gasteiger partial charge in [0.15, 0.2) is 5.76 Å². The number of aliphatic hydroxyl groups excluding tert-OH is 1. The number of nitrogens with zero attached hydrogens (tertiary/aromatic N) is 2. The first-order chi connectivity index (χ1) is 18.6. The molecule has 3 amide bonds. The number of hydrogen-bond acceptors (Lipinski definition) is 8. The number of fused-ring (bicyclic) bond motifs is 1. The third-order valence-corrected chi connectivity index (χ3v) is 6.99. The van der Waals surface area contributed by atoms with Crippen LogP contribution in [0.25, 0.3) is 0 Å². The molecule has 4 N–H and O–H groups in total. The normalized spacial score (nSPS) is 21.9. The summed E-state index contributed by atoms with van der Waals surface area (Å²) in [6.45, 7) is 10.8. The van der Waals surface area contributed by atoms with Crippen molar-refractivity contribution in [3.05, 3.63) is 35.2 Å². The number of carbonyl (C=O) groups is 2. The standard InChI is InChI=1S/C28H43N5O6/c1-17-15-33(18(2)16-34)27(35)23-13-22(30-28(36)31-26-20(4)32-39-21(26)5)10-11-24(23)38-19(3)9-7-8-12-37-25(17)14-29-6/h10-11,13,17-19,25,29,34H,7-9,12,14-16H2,1-6H3,(H2,30,31,36)/t17-,18-,19-,25-/m0/s1. The highest BCUT2D eigenvalue weighted by Gasteiger charge is 2.29. The Morgan fingerprint density at radius 1 is 1.23 bits per heavy atom. The van der Waals surface area contributed by atoms with Gasteiger partial charge in [-0.15, -0.1) is 0 Å². The Balaban J connectivity index is 1.94. The second kappa shape index (κ2) is 14.3. The quantitative estimate of drug-likeness (QED) is 0.428. The number of urea groups is 1. The zero-order valence-electron chi connectivity index (χ0n) is 23.9. The van der Waals surface area contributed by atoms with E-state index in [9.17, 15) is 14.7 Å². The highest BCUT2D eigenvalue weighted by Crippen LogP contribution is 2.29. The van der Waals surface area contributed by atoms with E-state index in [2.05, 4.69) is 28.0 Å². The summed E-state index contributed by atoms with van der Waals surface area (Å²) in [4.78, 5) is 28.4. The maximum atomic E-state index is 14.0. The van der Waals surface area contributed by atoms with Crippen LogP contribution in [0.15, 0.2) is 22.7 Å². The van der Waals surface area contributed by atoms with Gasteiger partial charge in [-0.2, -0.15) is 0 Å². The summed E-state index contributed by atoms with van der Waals surface area (Å²) in [5.41, 5.74) is 1.79. The number of likely N-dealkylation sites (N-methyl/N-ethyl adjacent to an activating group) is 1. The monoisotopic (exact) mass is 545 g/mol. The highest BCUT2D eigenvalue weighted by molar-refractivity contribution is 6.03. The van der Waals surface area contributed by atoms with Gasteiger partial charge in [0.2, 0.25) is 0 Å². The van der Waals surface area contributed by atoms with Crippen molar-refractivity contribution >= 4 is 23.3 Å². The van der Waals surface area contributed by atoms with Crippen LogP contribution in [0.1, 0.15) is 61.8 Å². The lowest BCUT2D eigenvalue weighted by Gasteiger charge is -2.34. The van der Waals surface area contributed by atoms with Gasteiger partial charge in [0.1, 0.15) is 17.1 Å². The van der Waals surface area contributed by atoms with E-state index in [1.165, 1.54) is 0 Å². The molecule has 0 saturated heterocycles. The van der Waals surface area contributed by atoms with Crippen LogP contribution in [0.3, 0.4) is 0 Å². The highest BCUT2D eigenvalue weighted by atomic mass is 16.5. The molecule has 2 aromatic rings. The van der Waals surface area contributed by atoms with Crippen LogP contribution in [-0.2, 0) is 4.74 Å².